The first-order valence-corrected chi connectivity index (χ1v) is 15.8. The Bertz CT molecular complexity index is 617. The molecule has 3 nitrogen and oxygen atoms in total. The largest absolute Gasteiger partial charge is 0.416 e. The molecule has 0 spiro atoms. The van der Waals surface area contributed by atoms with Crippen LogP contribution >= 0.6 is 22.6 Å². The number of hydrogen-bond donors (Lipinski definition) is 0. The number of hydrogen-bond acceptors (Lipinski definition) is 3. The zero-order chi connectivity index (χ0) is 22.4. The highest BCUT2D eigenvalue weighted by atomic mass is 127. The van der Waals surface area contributed by atoms with E-state index in [1.54, 1.807) is 0 Å². The van der Waals surface area contributed by atoms with Gasteiger partial charge in [-0.05, 0) is 43.0 Å². The van der Waals surface area contributed by atoms with Crippen LogP contribution in [0.4, 0.5) is 0 Å². The minimum absolute atomic E-state index is 0.235. The fourth-order valence-corrected chi connectivity index (χ4v) is 5.85. The summed E-state index contributed by atoms with van der Waals surface area (Å²) in [4.78, 5) is 0. The Labute approximate surface area is 199 Å². The lowest BCUT2D eigenvalue weighted by molar-refractivity contribution is -0.0328. The fraction of sp³-hybridized carbons (Fsp3) is 0.760. The Morgan fingerprint density at radius 1 is 1.13 bits per heavy atom. The summed E-state index contributed by atoms with van der Waals surface area (Å²) in [7, 11) is -1.71. The van der Waals surface area contributed by atoms with Gasteiger partial charge in [-0.3, -0.25) is 0 Å². The van der Waals surface area contributed by atoms with Crippen LogP contribution in [-0.4, -0.2) is 37.2 Å². The van der Waals surface area contributed by atoms with E-state index in [9.17, 15) is 0 Å². The van der Waals surface area contributed by atoms with Crippen LogP contribution in [0.2, 0.25) is 18.1 Å². The third kappa shape index (κ3) is 7.57. The first kappa shape index (κ1) is 26.3. The van der Waals surface area contributed by atoms with E-state index in [-0.39, 0.29) is 17.2 Å². The van der Waals surface area contributed by atoms with Crippen LogP contribution in [0, 0.1) is 5.92 Å². The maximum Gasteiger partial charge on any atom is 0.191 e. The Kier molecular flexibility index (Phi) is 10.3. The molecule has 5 atom stereocenters. The van der Waals surface area contributed by atoms with Gasteiger partial charge in [-0.15, -0.1) is 0 Å². The first-order valence-electron chi connectivity index (χ1n) is 11.6. The van der Waals surface area contributed by atoms with Gasteiger partial charge in [0.1, 0.15) is 0 Å². The average Bonchev–Trinajstić information content (AvgIpc) is 3.19. The monoisotopic (exact) mass is 546 g/mol. The quantitative estimate of drug-likeness (QED) is 0.165. The molecule has 1 aliphatic rings. The summed E-state index contributed by atoms with van der Waals surface area (Å²) in [5.74, 6) is 0.433. The Hall–Kier alpha value is 0.0469. The van der Waals surface area contributed by atoms with Gasteiger partial charge in [-0.25, -0.2) is 0 Å². The van der Waals surface area contributed by atoms with Crippen molar-refractivity contribution in [3.8, 4) is 0 Å². The first-order chi connectivity index (χ1) is 14.0. The lowest BCUT2D eigenvalue weighted by atomic mass is 10.0. The third-order valence-electron chi connectivity index (χ3n) is 6.82. The molecule has 0 aliphatic carbocycles. The molecule has 30 heavy (non-hydrogen) atoms. The van der Waals surface area contributed by atoms with Crippen LogP contribution in [0.1, 0.15) is 65.9 Å². The number of benzene rings is 1. The van der Waals surface area contributed by atoms with Gasteiger partial charge in [-0.2, -0.15) is 0 Å². The van der Waals surface area contributed by atoms with Crippen molar-refractivity contribution in [3.05, 3.63) is 35.9 Å². The van der Waals surface area contributed by atoms with E-state index in [0.717, 1.165) is 32.3 Å². The molecule has 2 rings (SSSR count). The highest BCUT2D eigenvalue weighted by molar-refractivity contribution is 14.1. The molecule has 0 bridgehead atoms. The second-order valence-electron chi connectivity index (χ2n) is 10.4. The van der Waals surface area contributed by atoms with Crippen molar-refractivity contribution in [2.24, 2.45) is 5.92 Å². The maximum absolute atomic E-state index is 6.56. The van der Waals surface area contributed by atoms with Crippen LogP contribution in [0.5, 0.6) is 0 Å². The van der Waals surface area contributed by atoms with Crippen molar-refractivity contribution in [1.82, 2.24) is 0 Å². The summed E-state index contributed by atoms with van der Waals surface area (Å²) in [6.07, 6.45) is 5.27. The van der Waals surface area contributed by atoms with E-state index in [2.05, 4.69) is 101 Å². The molecule has 1 saturated heterocycles. The standard InChI is InChI=1S/C25H43IO3Si/c1-8-12-22(27-18-20-13-10-9-11-14-20)24(26)23-16-15-21(29-23)19(2)17-28-30(6,7)25(3,4)5/h9-11,13-14,19,21-24H,8,12,15-18H2,1-7H3/t19-,21-,22+,23+,24?/m1/s1. The van der Waals surface area contributed by atoms with Crippen LogP contribution in [0.25, 0.3) is 0 Å². The van der Waals surface area contributed by atoms with Crippen LogP contribution < -0.4 is 0 Å². The molecule has 1 aliphatic heterocycles. The summed E-state index contributed by atoms with van der Waals surface area (Å²) in [6, 6.07) is 10.5. The summed E-state index contributed by atoms with van der Waals surface area (Å²) in [5, 5.41) is 0.253. The molecule has 1 unspecified atom stereocenters. The zero-order valence-corrected chi connectivity index (χ0v) is 23.3. The molecule has 172 valence electrons. The SMILES string of the molecule is CCC[C@H](OCc1ccccc1)C(I)[C@@H]1CC[C@H]([C@H](C)CO[Si](C)(C)C(C)(C)C)O1. The predicted molar refractivity (Wildman–Crippen MR) is 138 cm³/mol. The molecule has 1 heterocycles. The third-order valence-corrected chi connectivity index (χ3v) is 12.9. The van der Waals surface area contributed by atoms with E-state index in [4.69, 9.17) is 13.9 Å². The summed E-state index contributed by atoms with van der Waals surface area (Å²) >= 11 is 2.58. The second-order valence-corrected chi connectivity index (χ2v) is 16.7. The molecule has 1 fully saturated rings. The zero-order valence-electron chi connectivity index (χ0n) is 20.1. The molecule has 1 aromatic rings. The molecule has 0 saturated carbocycles. The smallest absolute Gasteiger partial charge is 0.191 e. The molecule has 5 heteroatoms. The average molecular weight is 547 g/mol. The van der Waals surface area contributed by atoms with Crippen molar-refractivity contribution < 1.29 is 13.9 Å². The molecular weight excluding hydrogens is 503 g/mol. The summed E-state index contributed by atoms with van der Waals surface area (Å²) in [5.41, 5.74) is 1.24. The van der Waals surface area contributed by atoms with Gasteiger partial charge in [0.25, 0.3) is 0 Å². The molecule has 0 radical (unpaired) electrons. The van der Waals surface area contributed by atoms with Crippen molar-refractivity contribution >= 4 is 30.9 Å². The molecular formula is C25H43IO3Si. The van der Waals surface area contributed by atoms with Crippen molar-refractivity contribution in [3.63, 3.8) is 0 Å². The van der Waals surface area contributed by atoms with Gasteiger partial charge >= 0.3 is 0 Å². The molecule has 0 amide bonds. The number of alkyl halides is 1. The minimum Gasteiger partial charge on any atom is -0.416 e. The van der Waals surface area contributed by atoms with E-state index in [0.29, 0.717) is 22.6 Å². The molecule has 1 aromatic carbocycles. The number of ether oxygens (including phenoxy) is 2. The Morgan fingerprint density at radius 2 is 1.77 bits per heavy atom. The van der Waals surface area contributed by atoms with Crippen LogP contribution in [0.15, 0.2) is 30.3 Å². The number of halogens is 1. The minimum atomic E-state index is -1.71. The van der Waals surface area contributed by atoms with E-state index < -0.39 is 8.32 Å². The van der Waals surface area contributed by atoms with Crippen LogP contribution in [-0.2, 0) is 20.5 Å². The van der Waals surface area contributed by atoms with Gasteiger partial charge in [0.05, 0.1) is 28.8 Å². The van der Waals surface area contributed by atoms with Crippen molar-refractivity contribution in [1.29, 1.82) is 0 Å². The maximum atomic E-state index is 6.56. The summed E-state index contributed by atoms with van der Waals surface area (Å²) in [6.45, 7) is 17.6. The molecule has 0 N–H and O–H groups in total. The number of rotatable bonds is 11. The lowest BCUT2D eigenvalue weighted by Gasteiger charge is -2.37. The van der Waals surface area contributed by atoms with Gasteiger partial charge in [0.2, 0.25) is 0 Å². The lowest BCUT2D eigenvalue weighted by Crippen LogP contribution is -2.43. The predicted octanol–water partition coefficient (Wildman–Crippen LogP) is 7.38. The molecule has 0 aromatic heterocycles. The van der Waals surface area contributed by atoms with E-state index in [1.807, 2.05) is 0 Å². The van der Waals surface area contributed by atoms with Crippen molar-refractivity contribution in [2.45, 2.75) is 107 Å². The van der Waals surface area contributed by atoms with Crippen molar-refractivity contribution in [2.75, 3.05) is 6.61 Å². The van der Waals surface area contributed by atoms with E-state index >= 15 is 0 Å². The Balaban J connectivity index is 1.86. The Morgan fingerprint density at radius 3 is 2.37 bits per heavy atom. The summed E-state index contributed by atoms with van der Waals surface area (Å²) < 4.78 is 19.8. The van der Waals surface area contributed by atoms with Gasteiger partial charge in [-0.1, -0.05) is 94.0 Å². The van der Waals surface area contributed by atoms with Gasteiger partial charge in [0.15, 0.2) is 8.32 Å². The van der Waals surface area contributed by atoms with Crippen LogP contribution in [0.3, 0.4) is 0 Å². The highest BCUT2D eigenvalue weighted by Gasteiger charge is 2.40. The van der Waals surface area contributed by atoms with Gasteiger partial charge in [0, 0.05) is 12.5 Å². The fourth-order valence-electron chi connectivity index (χ4n) is 3.64. The second kappa shape index (κ2) is 11.8. The topological polar surface area (TPSA) is 27.7 Å². The normalized spacial score (nSPS) is 23.3. The van der Waals surface area contributed by atoms with Gasteiger partial charge < -0.3 is 13.9 Å². The highest BCUT2D eigenvalue weighted by Crippen LogP contribution is 2.38. The van der Waals surface area contributed by atoms with E-state index in [1.165, 1.54) is 5.56 Å².